The van der Waals surface area contributed by atoms with Crippen LogP contribution >= 0.6 is 0 Å². The van der Waals surface area contributed by atoms with E-state index >= 15 is 0 Å². The van der Waals surface area contributed by atoms with Gasteiger partial charge in [0, 0.05) is 11.1 Å². The third-order valence-electron chi connectivity index (χ3n) is 2.58. The number of fused-ring (bicyclic) bond motifs is 1. The maximum Gasteiger partial charge on any atom is 1.00 e. The van der Waals surface area contributed by atoms with Crippen LogP contribution in [0.15, 0.2) is 52.3 Å². The zero-order valence-electron chi connectivity index (χ0n) is 11.7. The van der Waals surface area contributed by atoms with E-state index in [0.29, 0.717) is 5.69 Å². The maximum absolute atomic E-state index is 11.9. The van der Waals surface area contributed by atoms with Gasteiger partial charge in [0.1, 0.15) is 6.07 Å². The van der Waals surface area contributed by atoms with Gasteiger partial charge < -0.3 is 34.8 Å². The first-order chi connectivity index (χ1) is 9.13. The van der Waals surface area contributed by atoms with E-state index in [0.717, 1.165) is 10.8 Å². The molecule has 2 aromatic carbocycles. The number of amides is 1. The molecule has 0 unspecified atom stereocenters. The van der Waals surface area contributed by atoms with Crippen LogP contribution in [0.25, 0.3) is 10.8 Å². The van der Waals surface area contributed by atoms with Crippen LogP contribution in [0.2, 0.25) is 0 Å². The molecule has 0 spiro atoms. The topological polar surface area (TPSA) is 52.9 Å². The standard InChI is InChI=1S/C14H10N2OS2.2Na/c15-8-11(14(18)19)13(17)16-12-7-3-5-9-4-1-2-6-10(9)12;;/h1-7,18-19H,(H,16,17);;/q;2*+1/p-2. The smallest absolute Gasteiger partial charge is 0.806 e. The Morgan fingerprint density at radius 2 is 1.67 bits per heavy atom. The monoisotopic (exact) mass is 330 g/mol. The fourth-order valence-corrected chi connectivity index (χ4v) is 1.99. The quantitative estimate of drug-likeness (QED) is 0.270. The van der Waals surface area contributed by atoms with Crippen molar-refractivity contribution in [3.05, 3.63) is 52.3 Å². The van der Waals surface area contributed by atoms with Gasteiger partial charge in [-0.2, -0.15) is 5.26 Å². The summed E-state index contributed by atoms with van der Waals surface area (Å²) in [5, 5.41) is 13.4. The number of benzene rings is 2. The van der Waals surface area contributed by atoms with Crippen molar-refractivity contribution in [3.63, 3.8) is 0 Å². The minimum Gasteiger partial charge on any atom is -0.806 e. The summed E-state index contributed by atoms with van der Waals surface area (Å²) < 4.78 is -0.125. The van der Waals surface area contributed by atoms with Gasteiger partial charge in [-0.05, 0) is 11.5 Å². The minimum atomic E-state index is -0.571. The predicted octanol–water partition coefficient (Wildman–Crippen LogP) is -3.38. The van der Waals surface area contributed by atoms with Crippen molar-refractivity contribution >= 4 is 47.6 Å². The molecule has 1 N–H and O–H groups in total. The number of hydrogen-bond acceptors (Lipinski definition) is 4. The Labute approximate surface area is 178 Å². The fraction of sp³-hybridized carbons (Fsp3) is 0. The van der Waals surface area contributed by atoms with Gasteiger partial charge in [0.25, 0.3) is 5.91 Å². The van der Waals surface area contributed by atoms with E-state index in [1.165, 1.54) is 0 Å². The summed E-state index contributed by atoms with van der Waals surface area (Å²) in [6.07, 6.45) is 0. The molecule has 0 aromatic heterocycles. The number of nitriles is 1. The summed E-state index contributed by atoms with van der Waals surface area (Å²) in [6.45, 7) is 0. The first kappa shape index (κ1) is 20.8. The summed E-state index contributed by atoms with van der Waals surface area (Å²) >= 11 is 9.40. The molecule has 2 rings (SSSR count). The number of rotatable bonds is 2. The average Bonchev–Trinajstić information content (AvgIpc) is 2.39. The Kier molecular flexibility index (Phi) is 9.70. The molecule has 94 valence electrons. The van der Waals surface area contributed by atoms with Crippen LogP contribution in [-0.4, -0.2) is 5.91 Å². The molecular weight excluding hydrogens is 322 g/mol. The second-order valence-electron chi connectivity index (χ2n) is 3.76. The number of nitrogens with zero attached hydrogens (tertiary/aromatic N) is 1. The molecule has 0 atom stereocenters. The van der Waals surface area contributed by atoms with Crippen molar-refractivity contribution in [1.82, 2.24) is 0 Å². The van der Waals surface area contributed by atoms with Crippen molar-refractivity contribution in [3.8, 4) is 6.07 Å². The van der Waals surface area contributed by atoms with Crippen LogP contribution in [0, 0.1) is 11.3 Å². The van der Waals surface area contributed by atoms with Gasteiger partial charge in [0.05, 0.1) is 5.57 Å². The molecule has 3 nitrogen and oxygen atoms in total. The van der Waals surface area contributed by atoms with Crippen LogP contribution in [0.5, 0.6) is 0 Å². The van der Waals surface area contributed by atoms with Gasteiger partial charge in [-0.1, -0.05) is 36.4 Å². The SMILES string of the molecule is N#CC(C(=O)Nc1cccc2ccccc12)=C([S-])[S-].[Na+].[Na+]. The molecule has 7 heteroatoms. The second-order valence-corrected chi connectivity index (χ2v) is 4.83. The Morgan fingerprint density at radius 3 is 2.29 bits per heavy atom. The molecule has 21 heavy (non-hydrogen) atoms. The predicted molar refractivity (Wildman–Crippen MR) is 79.9 cm³/mol. The molecule has 0 aliphatic rings. The molecule has 0 aliphatic carbocycles. The number of anilines is 1. The van der Waals surface area contributed by atoms with Crippen LogP contribution in [0.4, 0.5) is 5.69 Å². The molecular formula is C14H8N2Na2OS2. The third kappa shape index (κ3) is 5.20. The van der Waals surface area contributed by atoms with Gasteiger partial charge in [0.2, 0.25) is 0 Å². The molecule has 2 aromatic rings. The number of carbonyl (C=O) groups is 1. The molecule has 0 saturated carbocycles. The van der Waals surface area contributed by atoms with Gasteiger partial charge in [0.15, 0.2) is 0 Å². The molecule has 0 saturated heterocycles. The minimum absolute atomic E-state index is 0. The van der Waals surface area contributed by atoms with Gasteiger partial charge >= 0.3 is 59.1 Å². The van der Waals surface area contributed by atoms with E-state index in [-0.39, 0.29) is 68.9 Å². The number of hydrogen-bond donors (Lipinski definition) is 1. The molecule has 1 amide bonds. The summed E-state index contributed by atoms with van der Waals surface area (Å²) in [4.78, 5) is 11.9. The van der Waals surface area contributed by atoms with Crippen LogP contribution in [0.3, 0.4) is 0 Å². The zero-order chi connectivity index (χ0) is 13.8. The third-order valence-corrected chi connectivity index (χ3v) is 2.99. The number of nitrogens with one attached hydrogen (secondary N) is 1. The van der Waals surface area contributed by atoms with Crippen LogP contribution in [-0.2, 0) is 30.1 Å². The van der Waals surface area contributed by atoms with Crippen molar-refractivity contribution < 1.29 is 63.9 Å². The first-order valence-electron chi connectivity index (χ1n) is 5.41. The molecule has 0 radical (unpaired) electrons. The van der Waals surface area contributed by atoms with E-state index in [1.54, 1.807) is 12.1 Å². The molecule has 0 fully saturated rings. The van der Waals surface area contributed by atoms with Gasteiger partial charge in [-0.15, -0.1) is 0 Å². The summed E-state index contributed by atoms with van der Waals surface area (Å²) in [5.74, 6) is -0.571. The van der Waals surface area contributed by atoms with Crippen molar-refractivity contribution in [2.24, 2.45) is 0 Å². The van der Waals surface area contributed by atoms with Gasteiger partial charge in [-0.25, -0.2) is 0 Å². The Bertz CT molecular complexity index is 717. The maximum atomic E-state index is 11.9. The van der Waals surface area contributed by atoms with E-state index in [1.807, 2.05) is 36.4 Å². The second kappa shape index (κ2) is 9.78. The van der Waals surface area contributed by atoms with E-state index in [9.17, 15) is 4.79 Å². The summed E-state index contributed by atoms with van der Waals surface area (Å²) in [6, 6.07) is 14.9. The Balaban J connectivity index is 0.00000200. The van der Waals surface area contributed by atoms with Gasteiger partial charge in [-0.3, -0.25) is 4.79 Å². The Morgan fingerprint density at radius 1 is 1.05 bits per heavy atom. The van der Waals surface area contributed by atoms with E-state index < -0.39 is 5.91 Å². The largest absolute Gasteiger partial charge is 1.00 e. The van der Waals surface area contributed by atoms with E-state index in [4.69, 9.17) is 30.5 Å². The van der Waals surface area contributed by atoms with Crippen LogP contribution in [0.1, 0.15) is 0 Å². The average molecular weight is 330 g/mol. The van der Waals surface area contributed by atoms with E-state index in [2.05, 4.69) is 5.32 Å². The normalized spacial score (nSPS) is 8.71. The molecule has 0 bridgehead atoms. The number of carbonyl (C=O) groups excluding carboxylic acids is 1. The first-order valence-corrected chi connectivity index (χ1v) is 6.22. The molecule has 0 heterocycles. The zero-order valence-corrected chi connectivity index (χ0v) is 17.3. The van der Waals surface area contributed by atoms with Crippen LogP contribution < -0.4 is 64.4 Å². The molecule has 0 aliphatic heterocycles. The van der Waals surface area contributed by atoms with Crippen molar-refractivity contribution in [1.29, 1.82) is 5.26 Å². The Hall–Kier alpha value is -0.160. The van der Waals surface area contributed by atoms with Crippen molar-refractivity contribution in [2.75, 3.05) is 5.32 Å². The summed E-state index contributed by atoms with van der Waals surface area (Å²) in [7, 11) is 0. The summed E-state index contributed by atoms with van der Waals surface area (Å²) in [5.41, 5.74) is 0.417. The van der Waals surface area contributed by atoms with Crippen molar-refractivity contribution in [2.45, 2.75) is 0 Å². The fourth-order valence-electron chi connectivity index (χ4n) is 1.71.